The van der Waals surface area contributed by atoms with Gasteiger partial charge in [0.1, 0.15) is 5.82 Å². The first-order valence-electron chi connectivity index (χ1n) is 7.61. The lowest BCUT2D eigenvalue weighted by Crippen LogP contribution is -2.42. The van der Waals surface area contributed by atoms with E-state index in [4.69, 9.17) is 11.6 Å². The van der Waals surface area contributed by atoms with Crippen LogP contribution >= 0.6 is 11.6 Å². The molecular weight excluding hydrogens is 275 g/mol. The highest BCUT2D eigenvalue weighted by molar-refractivity contribution is 6.30. The minimum absolute atomic E-state index is 0.225. The highest BCUT2D eigenvalue weighted by atomic mass is 35.5. The molecule has 0 aromatic heterocycles. The summed E-state index contributed by atoms with van der Waals surface area (Å²) in [5.41, 5.74) is 0.710. The summed E-state index contributed by atoms with van der Waals surface area (Å²) in [4.78, 5) is 2.32. The molecule has 20 heavy (non-hydrogen) atoms. The predicted octanol–water partition coefficient (Wildman–Crippen LogP) is 3.44. The molecule has 1 N–H and O–H groups in total. The van der Waals surface area contributed by atoms with Crippen molar-refractivity contribution >= 4 is 11.6 Å². The van der Waals surface area contributed by atoms with Gasteiger partial charge in [-0.1, -0.05) is 23.7 Å². The monoisotopic (exact) mass is 296 g/mol. The smallest absolute Gasteiger partial charge is 0.146 e. The number of nitrogens with one attached hydrogen (secondary N) is 1. The van der Waals surface area contributed by atoms with Gasteiger partial charge in [-0.3, -0.25) is 4.90 Å². The Bertz CT molecular complexity index is 454. The lowest BCUT2D eigenvalue weighted by Gasteiger charge is -2.32. The first-order chi connectivity index (χ1) is 9.72. The molecule has 2 nitrogen and oxygen atoms in total. The number of rotatable bonds is 5. The molecule has 1 heterocycles. The molecular formula is C16H22ClFN2. The van der Waals surface area contributed by atoms with E-state index in [0.717, 1.165) is 31.8 Å². The van der Waals surface area contributed by atoms with Crippen LogP contribution in [-0.4, -0.2) is 30.6 Å². The van der Waals surface area contributed by atoms with Gasteiger partial charge in [0.05, 0.1) is 5.02 Å². The van der Waals surface area contributed by atoms with E-state index in [1.54, 1.807) is 6.07 Å². The van der Waals surface area contributed by atoms with E-state index < -0.39 is 0 Å². The van der Waals surface area contributed by atoms with Crippen molar-refractivity contribution in [2.24, 2.45) is 5.92 Å². The third-order valence-electron chi connectivity index (χ3n) is 4.41. The van der Waals surface area contributed by atoms with Crippen molar-refractivity contribution in [3.05, 3.63) is 34.6 Å². The number of hydrogen-bond donors (Lipinski definition) is 1. The predicted molar refractivity (Wildman–Crippen MR) is 80.4 cm³/mol. The Balaban J connectivity index is 1.46. The van der Waals surface area contributed by atoms with Gasteiger partial charge in [0, 0.05) is 18.2 Å². The third-order valence-corrected chi connectivity index (χ3v) is 4.70. The van der Waals surface area contributed by atoms with Crippen molar-refractivity contribution < 1.29 is 4.39 Å². The van der Waals surface area contributed by atoms with Gasteiger partial charge < -0.3 is 5.32 Å². The van der Waals surface area contributed by atoms with E-state index in [1.807, 2.05) is 12.1 Å². The maximum Gasteiger partial charge on any atom is 0.146 e. The Morgan fingerprint density at radius 2 is 1.95 bits per heavy atom. The van der Waals surface area contributed by atoms with Crippen molar-refractivity contribution in [2.45, 2.75) is 38.3 Å². The van der Waals surface area contributed by atoms with Gasteiger partial charge in [-0.25, -0.2) is 4.39 Å². The first-order valence-corrected chi connectivity index (χ1v) is 7.99. The van der Waals surface area contributed by atoms with Crippen LogP contribution in [0.25, 0.3) is 0 Å². The summed E-state index contributed by atoms with van der Waals surface area (Å²) in [6.07, 6.45) is 5.13. The summed E-state index contributed by atoms with van der Waals surface area (Å²) in [5.74, 6) is 0.678. The summed E-state index contributed by atoms with van der Waals surface area (Å²) >= 11 is 5.83. The molecule has 0 amide bonds. The van der Waals surface area contributed by atoms with Gasteiger partial charge in [0.2, 0.25) is 0 Å². The summed E-state index contributed by atoms with van der Waals surface area (Å²) in [6, 6.07) is 5.91. The first kappa shape index (κ1) is 14.3. The molecule has 0 bridgehead atoms. The van der Waals surface area contributed by atoms with Gasteiger partial charge in [0.15, 0.2) is 0 Å². The molecule has 1 aliphatic heterocycles. The topological polar surface area (TPSA) is 15.3 Å². The van der Waals surface area contributed by atoms with Crippen LogP contribution in [0.1, 0.15) is 31.2 Å². The second-order valence-corrected chi connectivity index (χ2v) is 6.52. The molecule has 3 rings (SSSR count). The molecule has 4 heteroatoms. The van der Waals surface area contributed by atoms with E-state index in [1.165, 1.54) is 19.4 Å². The number of hydrogen-bond acceptors (Lipinski definition) is 2. The second kappa shape index (κ2) is 6.42. The van der Waals surface area contributed by atoms with Crippen molar-refractivity contribution in [1.29, 1.82) is 0 Å². The number of nitrogens with zero attached hydrogens (tertiary/aromatic N) is 1. The normalized spacial score (nSPS) is 21.3. The fourth-order valence-corrected chi connectivity index (χ4v) is 3.06. The van der Waals surface area contributed by atoms with Crippen molar-refractivity contribution in [3.8, 4) is 0 Å². The summed E-state index contributed by atoms with van der Waals surface area (Å²) in [5, 5.41) is 3.89. The fraction of sp³-hybridized carbons (Fsp3) is 0.625. The zero-order valence-electron chi connectivity index (χ0n) is 11.7. The van der Waals surface area contributed by atoms with Gasteiger partial charge >= 0.3 is 0 Å². The fourth-order valence-electron chi connectivity index (χ4n) is 2.86. The highest BCUT2D eigenvalue weighted by Crippen LogP contribution is 2.28. The standard InChI is InChI=1S/C16H22ClFN2/c17-15-3-1-2-13(16(15)18)11-20-8-6-14(7-9-20)19-10-12-4-5-12/h1-3,12,14,19H,4-11H2. The molecule has 0 unspecified atom stereocenters. The molecule has 0 atom stereocenters. The van der Waals surface area contributed by atoms with Crippen LogP contribution in [0.2, 0.25) is 5.02 Å². The maximum atomic E-state index is 13.9. The Hall–Kier alpha value is -0.640. The Morgan fingerprint density at radius 1 is 1.20 bits per heavy atom. The van der Waals surface area contributed by atoms with E-state index in [-0.39, 0.29) is 10.8 Å². The molecule has 1 aliphatic carbocycles. The number of likely N-dealkylation sites (tertiary alicyclic amines) is 1. The van der Waals surface area contributed by atoms with Crippen molar-refractivity contribution in [3.63, 3.8) is 0 Å². The van der Waals surface area contributed by atoms with Crippen molar-refractivity contribution in [1.82, 2.24) is 10.2 Å². The second-order valence-electron chi connectivity index (χ2n) is 6.11. The van der Waals surface area contributed by atoms with Crippen LogP contribution in [0.3, 0.4) is 0 Å². The molecule has 110 valence electrons. The van der Waals surface area contributed by atoms with Crippen molar-refractivity contribution in [2.75, 3.05) is 19.6 Å². The molecule has 2 fully saturated rings. The van der Waals surface area contributed by atoms with Gasteiger partial charge in [-0.2, -0.15) is 0 Å². The zero-order chi connectivity index (χ0) is 13.9. The molecule has 0 spiro atoms. The van der Waals surface area contributed by atoms with Gasteiger partial charge in [-0.15, -0.1) is 0 Å². The minimum atomic E-state index is -0.261. The zero-order valence-corrected chi connectivity index (χ0v) is 12.5. The quantitative estimate of drug-likeness (QED) is 0.895. The Labute approximate surface area is 125 Å². The average Bonchev–Trinajstić information content (AvgIpc) is 3.27. The van der Waals surface area contributed by atoms with Crippen LogP contribution < -0.4 is 5.32 Å². The van der Waals surface area contributed by atoms with Crippen LogP contribution in [-0.2, 0) is 6.54 Å². The molecule has 0 radical (unpaired) electrons. The lowest BCUT2D eigenvalue weighted by molar-refractivity contribution is 0.188. The van der Waals surface area contributed by atoms with Crippen LogP contribution in [0.5, 0.6) is 0 Å². The molecule has 1 aromatic carbocycles. The molecule has 1 aromatic rings. The van der Waals surface area contributed by atoms with Gasteiger partial charge in [-0.05, 0) is 57.3 Å². The maximum absolute atomic E-state index is 13.9. The Morgan fingerprint density at radius 3 is 2.65 bits per heavy atom. The van der Waals surface area contributed by atoms with E-state index in [0.29, 0.717) is 18.2 Å². The van der Waals surface area contributed by atoms with E-state index in [2.05, 4.69) is 10.2 Å². The minimum Gasteiger partial charge on any atom is -0.314 e. The molecule has 1 saturated heterocycles. The van der Waals surface area contributed by atoms with Crippen LogP contribution in [0.15, 0.2) is 18.2 Å². The van der Waals surface area contributed by atoms with Crippen LogP contribution in [0, 0.1) is 11.7 Å². The summed E-state index contributed by atoms with van der Waals surface area (Å²) < 4.78 is 13.9. The van der Waals surface area contributed by atoms with E-state index >= 15 is 0 Å². The highest BCUT2D eigenvalue weighted by Gasteiger charge is 2.24. The van der Waals surface area contributed by atoms with Gasteiger partial charge in [0.25, 0.3) is 0 Å². The Kier molecular flexibility index (Phi) is 4.59. The third kappa shape index (κ3) is 3.72. The number of piperidine rings is 1. The summed E-state index contributed by atoms with van der Waals surface area (Å²) in [7, 11) is 0. The molecule has 2 aliphatic rings. The lowest BCUT2D eigenvalue weighted by atomic mass is 10.0. The SMILES string of the molecule is Fc1c(Cl)cccc1CN1CCC(NCC2CC2)CC1. The largest absolute Gasteiger partial charge is 0.314 e. The molecule has 1 saturated carbocycles. The number of benzene rings is 1. The van der Waals surface area contributed by atoms with E-state index in [9.17, 15) is 4.39 Å². The number of halogens is 2. The average molecular weight is 297 g/mol. The van der Waals surface area contributed by atoms with Crippen LogP contribution in [0.4, 0.5) is 4.39 Å². The summed E-state index contributed by atoms with van der Waals surface area (Å²) in [6.45, 7) is 3.93.